The first kappa shape index (κ1) is 13.7. The second-order valence-corrected chi connectivity index (χ2v) is 3.82. The van der Waals surface area contributed by atoms with Crippen molar-refractivity contribution in [3.63, 3.8) is 0 Å². The van der Waals surface area contributed by atoms with Crippen LogP contribution in [0.5, 0.6) is 0 Å². The predicted octanol–water partition coefficient (Wildman–Crippen LogP) is 4.27. The molecule has 0 amide bonds. The maximum atomic E-state index is 5.13. The second-order valence-electron chi connectivity index (χ2n) is 2.91. The summed E-state index contributed by atoms with van der Waals surface area (Å²) in [6.07, 6.45) is 2.28. The van der Waals surface area contributed by atoms with Crippen molar-refractivity contribution >= 4 is 15.9 Å². The molecule has 0 N–H and O–H groups in total. The molecule has 0 aromatic heterocycles. The van der Waals surface area contributed by atoms with Gasteiger partial charge in [-0.3, -0.25) is 0 Å². The van der Waals surface area contributed by atoms with Gasteiger partial charge < -0.3 is 4.74 Å². The lowest BCUT2D eigenvalue weighted by Gasteiger charge is -1.95. The molecular formula is C12H19BrO. The predicted molar refractivity (Wildman–Crippen MR) is 65.5 cm³/mol. The largest absolute Gasteiger partial charge is 0.381 e. The first-order chi connectivity index (χ1) is 6.81. The van der Waals surface area contributed by atoms with Crippen LogP contribution < -0.4 is 0 Å². The number of rotatable bonds is 4. The highest BCUT2D eigenvalue weighted by molar-refractivity contribution is 9.10. The van der Waals surface area contributed by atoms with Crippen molar-refractivity contribution in [2.24, 2.45) is 0 Å². The lowest BCUT2D eigenvalue weighted by Crippen LogP contribution is -1.92. The van der Waals surface area contributed by atoms with E-state index in [9.17, 15) is 0 Å². The van der Waals surface area contributed by atoms with E-state index in [1.165, 1.54) is 0 Å². The molecule has 0 bridgehead atoms. The molecule has 0 saturated carbocycles. The molecule has 0 saturated heterocycles. The van der Waals surface area contributed by atoms with Gasteiger partial charge in [0.2, 0.25) is 0 Å². The molecule has 1 rings (SSSR count). The van der Waals surface area contributed by atoms with Crippen LogP contribution in [0.4, 0.5) is 0 Å². The van der Waals surface area contributed by atoms with E-state index in [4.69, 9.17) is 4.74 Å². The lowest BCUT2D eigenvalue weighted by atomic mass is 10.4. The van der Waals surface area contributed by atoms with Crippen LogP contribution in [-0.2, 0) is 4.74 Å². The van der Waals surface area contributed by atoms with Crippen molar-refractivity contribution in [3.05, 3.63) is 34.8 Å². The molecule has 0 unspecified atom stereocenters. The van der Waals surface area contributed by atoms with E-state index in [0.29, 0.717) is 0 Å². The zero-order chi connectivity index (χ0) is 10.6. The third-order valence-corrected chi connectivity index (χ3v) is 1.96. The Bertz CT molecular complexity index is 195. The lowest BCUT2D eigenvalue weighted by molar-refractivity contribution is 0.135. The van der Waals surface area contributed by atoms with Gasteiger partial charge in [0.15, 0.2) is 0 Å². The summed E-state index contributed by atoms with van der Waals surface area (Å²) in [7, 11) is 0. The second kappa shape index (κ2) is 10.7. The summed E-state index contributed by atoms with van der Waals surface area (Å²) >= 11 is 3.31. The van der Waals surface area contributed by atoms with Crippen molar-refractivity contribution in [1.29, 1.82) is 0 Å². The van der Waals surface area contributed by atoms with Crippen LogP contribution in [-0.4, -0.2) is 13.2 Å². The van der Waals surface area contributed by atoms with Gasteiger partial charge in [0.05, 0.1) is 0 Å². The number of benzene rings is 1. The van der Waals surface area contributed by atoms with Gasteiger partial charge in [-0.1, -0.05) is 48.0 Å². The Morgan fingerprint density at radius 1 is 1.00 bits per heavy atom. The van der Waals surface area contributed by atoms with Crippen LogP contribution in [0.25, 0.3) is 0 Å². The fraction of sp³-hybridized carbons (Fsp3) is 0.500. The average molecular weight is 259 g/mol. The summed E-state index contributed by atoms with van der Waals surface area (Å²) < 4.78 is 6.27. The maximum absolute atomic E-state index is 5.13. The van der Waals surface area contributed by atoms with E-state index in [1.54, 1.807) is 0 Å². The van der Waals surface area contributed by atoms with Gasteiger partial charge in [0, 0.05) is 17.7 Å². The minimum Gasteiger partial charge on any atom is -0.381 e. The monoisotopic (exact) mass is 258 g/mol. The van der Waals surface area contributed by atoms with Crippen LogP contribution in [0.2, 0.25) is 0 Å². The molecule has 0 aliphatic heterocycles. The number of ether oxygens (including phenoxy) is 1. The van der Waals surface area contributed by atoms with Crippen molar-refractivity contribution in [1.82, 2.24) is 0 Å². The minimum atomic E-state index is 0.924. The van der Waals surface area contributed by atoms with Gasteiger partial charge in [-0.15, -0.1) is 0 Å². The Kier molecular flexibility index (Phi) is 10.5. The van der Waals surface area contributed by atoms with Crippen molar-refractivity contribution < 1.29 is 4.74 Å². The summed E-state index contributed by atoms with van der Waals surface area (Å²) in [5.41, 5.74) is 0. The van der Waals surface area contributed by atoms with Gasteiger partial charge in [-0.05, 0) is 25.0 Å². The molecule has 0 atom stereocenters. The van der Waals surface area contributed by atoms with E-state index < -0.39 is 0 Å². The molecule has 0 aliphatic rings. The summed E-state index contributed by atoms with van der Waals surface area (Å²) in [4.78, 5) is 0. The molecular weight excluding hydrogens is 240 g/mol. The molecule has 0 heterocycles. The molecule has 0 spiro atoms. The van der Waals surface area contributed by atoms with Crippen LogP contribution >= 0.6 is 15.9 Å². The molecule has 80 valence electrons. The smallest absolute Gasteiger partial charge is 0.0463 e. The molecule has 2 heteroatoms. The van der Waals surface area contributed by atoms with Crippen LogP contribution in [0.15, 0.2) is 34.8 Å². The summed E-state index contributed by atoms with van der Waals surface area (Å²) in [6, 6.07) is 9.97. The number of halogens is 1. The Labute approximate surface area is 95.6 Å². The Morgan fingerprint density at radius 2 is 1.50 bits per heavy atom. The highest BCUT2D eigenvalue weighted by Crippen LogP contribution is 2.05. The highest BCUT2D eigenvalue weighted by atomic mass is 79.9. The Balaban J connectivity index is 0.000000241. The van der Waals surface area contributed by atoms with Crippen molar-refractivity contribution in [2.45, 2.75) is 26.7 Å². The minimum absolute atomic E-state index is 0.924. The average Bonchev–Trinajstić information content (AvgIpc) is 2.21. The first-order valence-electron chi connectivity index (χ1n) is 5.09. The Hall–Kier alpha value is -0.340. The van der Waals surface area contributed by atoms with Crippen LogP contribution in [0.3, 0.4) is 0 Å². The highest BCUT2D eigenvalue weighted by Gasteiger charge is 1.78. The fourth-order valence-corrected chi connectivity index (χ4v) is 1.11. The van der Waals surface area contributed by atoms with E-state index in [2.05, 4.69) is 29.8 Å². The fourth-order valence-electron chi connectivity index (χ4n) is 0.805. The SMILES string of the molecule is Brc1ccccc1.CCCOCCC. The zero-order valence-corrected chi connectivity index (χ0v) is 10.6. The number of hydrogen-bond donors (Lipinski definition) is 0. The standard InChI is InChI=1S/C6H5Br.C6H14O/c7-6-4-2-1-3-5-6;1-3-5-7-6-4-2/h1-5H;3-6H2,1-2H3. The quantitative estimate of drug-likeness (QED) is 0.733. The van der Waals surface area contributed by atoms with E-state index in [0.717, 1.165) is 30.5 Å². The van der Waals surface area contributed by atoms with Crippen molar-refractivity contribution in [2.75, 3.05) is 13.2 Å². The third kappa shape index (κ3) is 9.75. The molecule has 0 aliphatic carbocycles. The number of hydrogen-bond acceptors (Lipinski definition) is 1. The molecule has 0 radical (unpaired) electrons. The van der Waals surface area contributed by atoms with Gasteiger partial charge in [-0.2, -0.15) is 0 Å². The van der Waals surface area contributed by atoms with Gasteiger partial charge in [0.25, 0.3) is 0 Å². The van der Waals surface area contributed by atoms with Gasteiger partial charge in [0.1, 0.15) is 0 Å². The summed E-state index contributed by atoms with van der Waals surface area (Å²) in [5, 5.41) is 0. The molecule has 1 aromatic carbocycles. The third-order valence-electron chi connectivity index (χ3n) is 1.43. The summed E-state index contributed by atoms with van der Waals surface area (Å²) in [5.74, 6) is 0. The van der Waals surface area contributed by atoms with Crippen LogP contribution in [0, 0.1) is 0 Å². The molecule has 1 nitrogen and oxygen atoms in total. The summed E-state index contributed by atoms with van der Waals surface area (Å²) in [6.45, 7) is 6.09. The van der Waals surface area contributed by atoms with Gasteiger partial charge in [-0.25, -0.2) is 0 Å². The van der Waals surface area contributed by atoms with Gasteiger partial charge >= 0.3 is 0 Å². The van der Waals surface area contributed by atoms with E-state index >= 15 is 0 Å². The van der Waals surface area contributed by atoms with Crippen molar-refractivity contribution in [3.8, 4) is 0 Å². The van der Waals surface area contributed by atoms with Crippen LogP contribution in [0.1, 0.15) is 26.7 Å². The first-order valence-corrected chi connectivity index (χ1v) is 5.88. The normalized spacial score (nSPS) is 9.07. The van der Waals surface area contributed by atoms with E-state index in [-0.39, 0.29) is 0 Å². The Morgan fingerprint density at radius 3 is 1.79 bits per heavy atom. The zero-order valence-electron chi connectivity index (χ0n) is 9.00. The maximum Gasteiger partial charge on any atom is 0.0463 e. The molecule has 14 heavy (non-hydrogen) atoms. The topological polar surface area (TPSA) is 9.23 Å². The molecule has 0 fully saturated rings. The molecule has 1 aromatic rings. The van der Waals surface area contributed by atoms with E-state index in [1.807, 2.05) is 30.3 Å².